The number of carbonyl (C=O) groups excluding carboxylic acids is 1. The van der Waals surface area contributed by atoms with Crippen LogP contribution in [0, 0.1) is 5.82 Å². The van der Waals surface area contributed by atoms with Crippen LogP contribution in [0.2, 0.25) is 0 Å². The van der Waals surface area contributed by atoms with E-state index < -0.39 is 0 Å². The molecule has 5 rings (SSSR count). The topological polar surface area (TPSA) is 34.0 Å². The number of thiophene rings is 1. The molecule has 0 fully saturated rings. The van der Waals surface area contributed by atoms with E-state index in [4.69, 9.17) is 0 Å². The highest BCUT2D eigenvalue weighted by Crippen LogP contribution is 2.37. The lowest BCUT2D eigenvalue weighted by Gasteiger charge is -2.15. The van der Waals surface area contributed by atoms with E-state index in [1.54, 1.807) is 11.3 Å². The smallest absolute Gasteiger partial charge is 0.221 e. The Bertz CT molecular complexity index is 1380. The number of hydrogen-bond donors (Lipinski definition) is 1. The molecule has 2 heterocycles. The molecule has 0 aliphatic heterocycles. The van der Waals surface area contributed by atoms with Gasteiger partial charge in [0.1, 0.15) is 5.82 Å². The number of hydrogen-bond acceptors (Lipinski definition) is 2. The minimum atomic E-state index is -0.235. The first-order valence-electron chi connectivity index (χ1n) is 11.3. The van der Waals surface area contributed by atoms with Crippen LogP contribution in [0.4, 0.5) is 4.39 Å². The van der Waals surface area contributed by atoms with E-state index >= 15 is 0 Å². The summed E-state index contributed by atoms with van der Waals surface area (Å²) in [5, 5.41) is 6.28. The van der Waals surface area contributed by atoms with Gasteiger partial charge in [0.2, 0.25) is 5.91 Å². The lowest BCUT2D eigenvalue weighted by Crippen LogP contribution is -2.24. The van der Waals surface area contributed by atoms with Gasteiger partial charge in [-0.15, -0.1) is 11.3 Å². The zero-order valence-corrected chi connectivity index (χ0v) is 19.5. The van der Waals surface area contributed by atoms with Crippen LogP contribution in [0.15, 0.2) is 103 Å². The zero-order chi connectivity index (χ0) is 23.3. The second-order valence-electron chi connectivity index (χ2n) is 8.39. The van der Waals surface area contributed by atoms with Gasteiger partial charge in [-0.05, 0) is 46.3 Å². The molecule has 0 saturated carbocycles. The van der Waals surface area contributed by atoms with Crippen LogP contribution in [0.3, 0.4) is 0 Å². The molecule has 0 spiro atoms. The van der Waals surface area contributed by atoms with Gasteiger partial charge >= 0.3 is 0 Å². The van der Waals surface area contributed by atoms with Gasteiger partial charge in [-0.25, -0.2) is 4.39 Å². The Morgan fingerprint density at radius 3 is 2.41 bits per heavy atom. The Hall–Kier alpha value is -3.70. The summed E-state index contributed by atoms with van der Waals surface area (Å²) < 4.78 is 15.6. The molecule has 1 atom stereocenters. The summed E-state index contributed by atoms with van der Waals surface area (Å²) in [5.41, 5.74) is 4.35. The van der Waals surface area contributed by atoms with Crippen molar-refractivity contribution in [3.05, 3.63) is 130 Å². The number of nitrogens with zero attached hydrogens (tertiary/aromatic N) is 1. The minimum absolute atomic E-state index is 0.0256. The van der Waals surface area contributed by atoms with Crippen molar-refractivity contribution in [3.8, 4) is 0 Å². The number of halogens is 1. The average molecular weight is 469 g/mol. The summed E-state index contributed by atoms with van der Waals surface area (Å²) in [5.74, 6) is -0.256. The van der Waals surface area contributed by atoms with Gasteiger partial charge in [0.05, 0.1) is 0 Å². The lowest BCUT2D eigenvalue weighted by atomic mass is 9.93. The third kappa shape index (κ3) is 4.95. The fraction of sp³-hybridized carbons (Fsp3) is 0.138. The van der Waals surface area contributed by atoms with Gasteiger partial charge in [0.25, 0.3) is 0 Å². The number of para-hydroxylation sites is 1. The quantitative estimate of drug-likeness (QED) is 0.269. The molecular weight excluding hydrogens is 443 g/mol. The first-order valence-corrected chi connectivity index (χ1v) is 12.2. The van der Waals surface area contributed by atoms with Crippen molar-refractivity contribution in [1.29, 1.82) is 0 Å². The van der Waals surface area contributed by atoms with Gasteiger partial charge < -0.3 is 9.88 Å². The number of rotatable bonds is 8. The zero-order valence-electron chi connectivity index (χ0n) is 18.7. The summed E-state index contributed by atoms with van der Waals surface area (Å²) in [7, 11) is 0. The predicted octanol–water partition coefficient (Wildman–Crippen LogP) is 6.73. The minimum Gasteiger partial charge on any atom is -0.352 e. The molecule has 0 unspecified atom stereocenters. The number of nitrogens with one attached hydrogen (secondary N) is 1. The molecule has 0 aliphatic carbocycles. The molecule has 5 aromatic rings. The molecule has 0 saturated heterocycles. The van der Waals surface area contributed by atoms with Crippen molar-refractivity contribution in [2.75, 3.05) is 0 Å². The summed E-state index contributed by atoms with van der Waals surface area (Å²) in [4.78, 5) is 14.2. The normalized spacial score (nSPS) is 12.0. The van der Waals surface area contributed by atoms with E-state index in [1.807, 2.05) is 60.7 Å². The first kappa shape index (κ1) is 22.1. The third-order valence-corrected chi connectivity index (χ3v) is 7.06. The number of fused-ring (bicyclic) bond motifs is 1. The Kier molecular flexibility index (Phi) is 6.54. The molecule has 0 bridgehead atoms. The summed E-state index contributed by atoms with van der Waals surface area (Å²) in [6, 6.07) is 29.0. The Morgan fingerprint density at radius 1 is 0.882 bits per heavy atom. The maximum atomic E-state index is 13.4. The summed E-state index contributed by atoms with van der Waals surface area (Å²) >= 11 is 1.67. The highest BCUT2D eigenvalue weighted by molar-refractivity contribution is 7.10. The third-order valence-electron chi connectivity index (χ3n) is 6.07. The van der Waals surface area contributed by atoms with Gasteiger partial charge in [-0.3, -0.25) is 4.79 Å². The van der Waals surface area contributed by atoms with Crippen molar-refractivity contribution in [3.63, 3.8) is 0 Å². The van der Waals surface area contributed by atoms with Crippen LogP contribution in [0.1, 0.15) is 33.9 Å². The number of benzene rings is 3. The standard InChI is InChI=1S/C29H25FN2OS/c30-23-14-12-22(13-15-23)19-32-20-26(24-9-4-5-10-27(24)32)25(28-11-6-16-34-28)17-29(33)31-18-21-7-2-1-3-8-21/h1-16,20,25H,17-19H2,(H,31,33)/t25-/m1/s1. The molecule has 5 heteroatoms. The predicted molar refractivity (Wildman–Crippen MR) is 137 cm³/mol. The highest BCUT2D eigenvalue weighted by Gasteiger charge is 2.23. The van der Waals surface area contributed by atoms with Crippen molar-refractivity contribution < 1.29 is 9.18 Å². The number of amides is 1. The van der Waals surface area contributed by atoms with Crippen molar-refractivity contribution in [2.24, 2.45) is 0 Å². The molecule has 0 aliphatic rings. The monoisotopic (exact) mass is 468 g/mol. The Morgan fingerprint density at radius 2 is 1.65 bits per heavy atom. The number of carbonyl (C=O) groups is 1. The average Bonchev–Trinajstić information content (AvgIpc) is 3.52. The van der Waals surface area contributed by atoms with E-state index in [0.717, 1.165) is 27.6 Å². The van der Waals surface area contributed by atoms with Crippen LogP contribution < -0.4 is 5.32 Å². The van der Waals surface area contributed by atoms with Gasteiger partial charge in [0, 0.05) is 47.4 Å². The van der Waals surface area contributed by atoms with E-state index in [-0.39, 0.29) is 17.6 Å². The highest BCUT2D eigenvalue weighted by atomic mass is 32.1. The molecular formula is C29H25FN2OS. The largest absolute Gasteiger partial charge is 0.352 e. The van der Waals surface area contributed by atoms with E-state index in [9.17, 15) is 9.18 Å². The molecule has 3 nitrogen and oxygen atoms in total. The SMILES string of the molecule is O=C(C[C@@H](c1cccs1)c1cn(Cc2ccc(F)cc2)c2ccccc12)NCc1ccccc1. The molecule has 3 aromatic carbocycles. The second-order valence-corrected chi connectivity index (χ2v) is 9.37. The second kappa shape index (κ2) is 10.1. The lowest BCUT2D eigenvalue weighted by molar-refractivity contribution is -0.121. The van der Waals surface area contributed by atoms with Gasteiger partial charge in [0.15, 0.2) is 0 Å². The van der Waals surface area contributed by atoms with Crippen LogP contribution >= 0.6 is 11.3 Å². The first-order chi connectivity index (χ1) is 16.7. The molecule has 170 valence electrons. The van der Waals surface area contributed by atoms with Crippen LogP contribution in [-0.4, -0.2) is 10.5 Å². The van der Waals surface area contributed by atoms with Crippen LogP contribution in [-0.2, 0) is 17.9 Å². The molecule has 34 heavy (non-hydrogen) atoms. The summed E-state index contributed by atoms with van der Waals surface area (Å²) in [6.07, 6.45) is 2.53. The van der Waals surface area contributed by atoms with Crippen molar-refractivity contribution >= 4 is 28.1 Å². The van der Waals surface area contributed by atoms with Gasteiger partial charge in [-0.2, -0.15) is 0 Å². The fourth-order valence-electron chi connectivity index (χ4n) is 4.38. The molecule has 2 aromatic heterocycles. The van der Waals surface area contributed by atoms with Crippen molar-refractivity contribution in [2.45, 2.75) is 25.4 Å². The summed E-state index contributed by atoms with van der Waals surface area (Å²) in [6.45, 7) is 1.15. The van der Waals surface area contributed by atoms with Gasteiger partial charge in [-0.1, -0.05) is 66.7 Å². The Labute approximate surface area is 202 Å². The maximum absolute atomic E-state index is 13.4. The molecule has 1 N–H and O–H groups in total. The van der Waals surface area contributed by atoms with E-state index in [0.29, 0.717) is 19.5 Å². The maximum Gasteiger partial charge on any atom is 0.221 e. The molecule has 1 amide bonds. The fourth-order valence-corrected chi connectivity index (χ4v) is 5.22. The number of aromatic nitrogens is 1. The van der Waals surface area contributed by atoms with E-state index in [1.165, 1.54) is 17.0 Å². The van der Waals surface area contributed by atoms with Crippen LogP contribution in [0.5, 0.6) is 0 Å². The van der Waals surface area contributed by atoms with E-state index in [2.05, 4.69) is 39.7 Å². The Balaban J connectivity index is 1.45. The molecule has 0 radical (unpaired) electrons. The van der Waals surface area contributed by atoms with Crippen molar-refractivity contribution in [1.82, 2.24) is 9.88 Å². The van der Waals surface area contributed by atoms with Crippen LogP contribution in [0.25, 0.3) is 10.9 Å².